The summed E-state index contributed by atoms with van der Waals surface area (Å²) in [6, 6.07) is 7.74. The molecule has 1 aromatic carbocycles. The number of hydrogen-bond donors (Lipinski definition) is 2. The minimum Gasteiger partial charge on any atom is -0.369 e. The fraction of sp³-hybridized carbons (Fsp3) is 0.529. The highest BCUT2D eigenvalue weighted by Gasteiger charge is 2.23. The van der Waals surface area contributed by atoms with E-state index in [4.69, 9.17) is 4.74 Å². The molecule has 0 bridgehead atoms. The number of benzene rings is 1. The Morgan fingerprint density at radius 3 is 2.68 bits per heavy atom. The molecule has 1 aromatic heterocycles. The van der Waals surface area contributed by atoms with E-state index in [1.54, 1.807) is 0 Å². The summed E-state index contributed by atoms with van der Waals surface area (Å²) in [5, 5.41) is 3.04. The number of fused-ring (bicyclic) bond motifs is 1. The minimum absolute atomic E-state index is 0.0407. The minimum atomic E-state index is -0.138. The molecule has 120 valence electrons. The summed E-state index contributed by atoms with van der Waals surface area (Å²) in [7, 11) is 0. The van der Waals surface area contributed by atoms with Crippen molar-refractivity contribution in [3.05, 3.63) is 30.1 Å². The summed E-state index contributed by atoms with van der Waals surface area (Å²) >= 11 is 0. The maximum absolute atomic E-state index is 12.1. The van der Waals surface area contributed by atoms with Crippen LogP contribution in [0.2, 0.25) is 0 Å². The molecule has 5 heteroatoms. The zero-order valence-corrected chi connectivity index (χ0v) is 13.7. The number of hydrogen-bond acceptors (Lipinski definition) is 3. The number of nitrogens with one attached hydrogen (secondary N) is 2. The molecule has 0 radical (unpaired) electrons. The molecule has 0 aliphatic carbocycles. The predicted octanol–water partition coefficient (Wildman–Crippen LogP) is 3.19. The van der Waals surface area contributed by atoms with Crippen molar-refractivity contribution in [2.75, 3.05) is 6.61 Å². The number of H-pyrrole nitrogens is 1. The summed E-state index contributed by atoms with van der Waals surface area (Å²) in [6.45, 7) is 8.13. The van der Waals surface area contributed by atoms with E-state index < -0.39 is 0 Å². The van der Waals surface area contributed by atoms with Crippen LogP contribution in [-0.4, -0.2) is 28.6 Å². The maximum atomic E-state index is 12.1. The molecule has 2 rings (SSSR count). The van der Waals surface area contributed by atoms with Crippen LogP contribution in [-0.2, 0) is 9.53 Å². The van der Waals surface area contributed by atoms with Gasteiger partial charge in [0.05, 0.1) is 23.2 Å². The Kier molecular flexibility index (Phi) is 5.55. The second-order valence-corrected chi connectivity index (χ2v) is 5.93. The Labute approximate surface area is 131 Å². The predicted molar refractivity (Wildman–Crippen MR) is 87.5 cm³/mol. The van der Waals surface area contributed by atoms with Crippen molar-refractivity contribution in [1.82, 2.24) is 15.3 Å². The Hall–Kier alpha value is -1.88. The number of carbonyl (C=O) groups excluding carboxylic acids is 1. The standard InChI is InChI=1S/C17H25N3O2/c1-5-12(4)16(20-15(21)10-22-11(2)3)17-18-13-8-6-7-9-14(13)19-17/h6-9,11-12,16H,5,10H2,1-4H3,(H,18,19)(H,20,21)/t12-,16-/m0/s1. The Balaban J connectivity index is 2.17. The van der Waals surface area contributed by atoms with E-state index >= 15 is 0 Å². The van der Waals surface area contributed by atoms with E-state index in [1.165, 1.54) is 0 Å². The number of amides is 1. The van der Waals surface area contributed by atoms with Crippen LogP contribution in [0.5, 0.6) is 0 Å². The van der Waals surface area contributed by atoms with Crippen molar-refractivity contribution in [3.63, 3.8) is 0 Å². The summed E-state index contributed by atoms with van der Waals surface area (Å²) in [5.74, 6) is 0.969. The van der Waals surface area contributed by atoms with Gasteiger partial charge in [-0.2, -0.15) is 0 Å². The van der Waals surface area contributed by atoms with Crippen molar-refractivity contribution >= 4 is 16.9 Å². The smallest absolute Gasteiger partial charge is 0.246 e. The Morgan fingerprint density at radius 1 is 1.32 bits per heavy atom. The lowest BCUT2D eigenvalue weighted by Crippen LogP contribution is -2.36. The second-order valence-electron chi connectivity index (χ2n) is 5.93. The van der Waals surface area contributed by atoms with Crippen LogP contribution in [0.15, 0.2) is 24.3 Å². The zero-order valence-electron chi connectivity index (χ0n) is 13.7. The molecule has 2 aromatic rings. The van der Waals surface area contributed by atoms with Crippen LogP contribution >= 0.6 is 0 Å². The molecular weight excluding hydrogens is 278 g/mol. The molecule has 0 aliphatic rings. The molecule has 22 heavy (non-hydrogen) atoms. The van der Waals surface area contributed by atoms with E-state index in [2.05, 4.69) is 29.1 Å². The first kappa shape index (κ1) is 16.5. The second kappa shape index (κ2) is 7.40. The number of carbonyl (C=O) groups is 1. The number of ether oxygens (including phenoxy) is 1. The molecule has 2 atom stereocenters. The molecule has 0 unspecified atom stereocenters. The third-order valence-electron chi connectivity index (χ3n) is 3.78. The maximum Gasteiger partial charge on any atom is 0.246 e. The fourth-order valence-corrected chi connectivity index (χ4v) is 2.29. The first-order valence-corrected chi connectivity index (χ1v) is 7.86. The summed E-state index contributed by atoms with van der Waals surface area (Å²) in [5.41, 5.74) is 1.90. The first-order chi connectivity index (χ1) is 10.5. The number of aromatic amines is 1. The first-order valence-electron chi connectivity index (χ1n) is 7.86. The van der Waals surface area contributed by atoms with Crippen molar-refractivity contribution in [1.29, 1.82) is 0 Å². The van der Waals surface area contributed by atoms with Gasteiger partial charge in [0.15, 0.2) is 0 Å². The van der Waals surface area contributed by atoms with E-state index in [1.807, 2.05) is 38.1 Å². The molecule has 0 saturated heterocycles. The summed E-state index contributed by atoms with van der Waals surface area (Å²) < 4.78 is 5.37. The normalized spacial score (nSPS) is 14.2. The van der Waals surface area contributed by atoms with Crippen molar-refractivity contribution in [2.24, 2.45) is 5.92 Å². The largest absolute Gasteiger partial charge is 0.369 e. The molecule has 1 heterocycles. The van der Waals surface area contributed by atoms with Crippen molar-refractivity contribution in [2.45, 2.75) is 46.3 Å². The number of nitrogens with zero attached hydrogens (tertiary/aromatic N) is 1. The third kappa shape index (κ3) is 4.07. The van der Waals surface area contributed by atoms with E-state index in [-0.39, 0.29) is 30.6 Å². The highest BCUT2D eigenvalue weighted by molar-refractivity contribution is 5.78. The third-order valence-corrected chi connectivity index (χ3v) is 3.78. The van der Waals surface area contributed by atoms with Crippen LogP contribution in [0.4, 0.5) is 0 Å². The van der Waals surface area contributed by atoms with E-state index in [0.29, 0.717) is 0 Å². The number of imidazole rings is 1. The highest BCUT2D eigenvalue weighted by atomic mass is 16.5. The van der Waals surface area contributed by atoms with Crippen molar-refractivity contribution < 1.29 is 9.53 Å². The van der Waals surface area contributed by atoms with Gasteiger partial charge in [-0.15, -0.1) is 0 Å². The summed E-state index contributed by atoms with van der Waals surface area (Å²) in [6.07, 6.45) is 0.992. The lowest BCUT2D eigenvalue weighted by molar-refractivity contribution is -0.128. The molecule has 5 nitrogen and oxygen atoms in total. The highest BCUT2D eigenvalue weighted by Crippen LogP contribution is 2.24. The molecule has 0 fully saturated rings. The van der Waals surface area contributed by atoms with Gasteiger partial charge in [0.25, 0.3) is 0 Å². The molecule has 2 N–H and O–H groups in total. The topological polar surface area (TPSA) is 67.0 Å². The molecule has 1 amide bonds. The SMILES string of the molecule is CC[C@H](C)[C@H](NC(=O)COC(C)C)c1nc2ccccc2[nH]1. The van der Waals surface area contributed by atoms with Gasteiger partial charge < -0.3 is 15.0 Å². The van der Waals surface area contributed by atoms with E-state index in [9.17, 15) is 4.79 Å². The van der Waals surface area contributed by atoms with Crippen LogP contribution in [0.3, 0.4) is 0 Å². The van der Waals surface area contributed by atoms with Crippen LogP contribution in [0.1, 0.15) is 46.0 Å². The number of aromatic nitrogens is 2. The molecule has 0 saturated carbocycles. The molecular formula is C17H25N3O2. The van der Waals surface area contributed by atoms with Gasteiger partial charge in [-0.25, -0.2) is 4.98 Å². The monoisotopic (exact) mass is 303 g/mol. The fourth-order valence-electron chi connectivity index (χ4n) is 2.29. The van der Waals surface area contributed by atoms with Gasteiger partial charge in [0.2, 0.25) is 5.91 Å². The molecule has 0 spiro atoms. The van der Waals surface area contributed by atoms with Crippen LogP contribution in [0, 0.1) is 5.92 Å². The number of para-hydroxylation sites is 2. The van der Waals surface area contributed by atoms with E-state index in [0.717, 1.165) is 23.3 Å². The van der Waals surface area contributed by atoms with Crippen molar-refractivity contribution in [3.8, 4) is 0 Å². The average Bonchev–Trinajstić information content (AvgIpc) is 2.93. The van der Waals surface area contributed by atoms with Gasteiger partial charge in [0, 0.05) is 0 Å². The van der Waals surface area contributed by atoms with Gasteiger partial charge in [-0.05, 0) is 31.9 Å². The lowest BCUT2D eigenvalue weighted by Gasteiger charge is -2.22. The number of rotatable bonds is 7. The Morgan fingerprint density at radius 2 is 2.05 bits per heavy atom. The molecule has 0 aliphatic heterocycles. The average molecular weight is 303 g/mol. The van der Waals surface area contributed by atoms with Gasteiger partial charge in [-0.3, -0.25) is 4.79 Å². The van der Waals surface area contributed by atoms with Gasteiger partial charge in [-0.1, -0.05) is 32.4 Å². The van der Waals surface area contributed by atoms with Gasteiger partial charge >= 0.3 is 0 Å². The quantitative estimate of drug-likeness (QED) is 0.825. The Bertz CT molecular complexity index is 588. The van der Waals surface area contributed by atoms with Crippen LogP contribution < -0.4 is 5.32 Å². The summed E-state index contributed by atoms with van der Waals surface area (Å²) in [4.78, 5) is 20.0. The zero-order chi connectivity index (χ0) is 16.1. The lowest BCUT2D eigenvalue weighted by atomic mass is 9.98. The van der Waals surface area contributed by atoms with Gasteiger partial charge in [0.1, 0.15) is 12.4 Å². The van der Waals surface area contributed by atoms with Crippen LogP contribution in [0.25, 0.3) is 11.0 Å².